The van der Waals surface area contributed by atoms with Crippen LogP contribution in [0.5, 0.6) is 5.75 Å². The second-order valence-corrected chi connectivity index (χ2v) is 4.64. The highest BCUT2D eigenvalue weighted by Gasteiger charge is 2.18. The number of benzene rings is 1. The molecule has 1 saturated heterocycles. The molecule has 0 spiro atoms. The molecule has 2 heterocycles. The van der Waals surface area contributed by atoms with E-state index >= 15 is 0 Å². The normalized spacial score (nSPS) is 18.9. The zero-order chi connectivity index (χ0) is 13.8. The van der Waals surface area contributed by atoms with E-state index in [1.165, 1.54) is 0 Å². The van der Waals surface area contributed by atoms with E-state index in [9.17, 15) is 0 Å². The van der Waals surface area contributed by atoms with Gasteiger partial charge in [0.05, 0.1) is 26.2 Å². The molecule has 1 aromatic heterocycles. The predicted molar refractivity (Wildman–Crippen MR) is 72.6 cm³/mol. The number of nitrogens with zero attached hydrogens (tertiary/aromatic N) is 2. The molecule has 3 rings (SSSR count). The zero-order valence-electron chi connectivity index (χ0n) is 11.3. The third-order valence-electron chi connectivity index (χ3n) is 3.22. The lowest BCUT2D eigenvalue weighted by Gasteiger charge is -2.21. The van der Waals surface area contributed by atoms with Crippen molar-refractivity contribution in [3.05, 3.63) is 30.2 Å². The van der Waals surface area contributed by atoms with Crippen LogP contribution in [0.4, 0.5) is 0 Å². The lowest BCUT2D eigenvalue weighted by atomic mass is 10.2. The lowest BCUT2D eigenvalue weighted by molar-refractivity contribution is 0.0246. The number of hydrogen-bond donors (Lipinski definition) is 1. The number of hydrogen-bond acceptors (Lipinski definition) is 6. The average molecular weight is 275 g/mol. The summed E-state index contributed by atoms with van der Waals surface area (Å²) < 4.78 is 16.0. The SMILES string of the molecule is COc1ccc(-c2noc(CC3CNCCO3)n2)cc1. The molecule has 106 valence electrons. The van der Waals surface area contributed by atoms with Crippen LogP contribution in [0.3, 0.4) is 0 Å². The molecule has 1 atom stereocenters. The summed E-state index contributed by atoms with van der Waals surface area (Å²) >= 11 is 0. The van der Waals surface area contributed by atoms with Crippen LogP contribution in [-0.4, -0.2) is 43.1 Å². The molecule has 2 aromatic rings. The number of ether oxygens (including phenoxy) is 2. The summed E-state index contributed by atoms with van der Waals surface area (Å²) in [6, 6.07) is 7.57. The van der Waals surface area contributed by atoms with Gasteiger partial charge in [0, 0.05) is 18.7 Å². The van der Waals surface area contributed by atoms with Gasteiger partial charge in [-0.3, -0.25) is 0 Å². The highest BCUT2D eigenvalue weighted by molar-refractivity contribution is 5.55. The second-order valence-electron chi connectivity index (χ2n) is 4.64. The molecule has 20 heavy (non-hydrogen) atoms. The Hall–Kier alpha value is -1.92. The standard InChI is InChI=1S/C14H17N3O3/c1-18-11-4-2-10(3-5-11)14-16-13(20-17-14)8-12-9-15-6-7-19-12/h2-5,12,15H,6-9H2,1H3. The van der Waals surface area contributed by atoms with E-state index in [0.29, 0.717) is 18.1 Å². The summed E-state index contributed by atoms with van der Waals surface area (Å²) in [6.07, 6.45) is 0.740. The third kappa shape index (κ3) is 2.97. The number of methoxy groups -OCH3 is 1. The number of morpholine rings is 1. The molecule has 6 nitrogen and oxygen atoms in total. The molecule has 0 radical (unpaired) electrons. The zero-order valence-corrected chi connectivity index (χ0v) is 11.3. The number of nitrogens with one attached hydrogen (secondary N) is 1. The van der Waals surface area contributed by atoms with Gasteiger partial charge in [-0.15, -0.1) is 0 Å². The van der Waals surface area contributed by atoms with Crippen LogP contribution in [0.15, 0.2) is 28.8 Å². The van der Waals surface area contributed by atoms with E-state index in [0.717, 1.165) is 31.0 Å². The van der Waals surface area contributed by atoms with Crippen molar-refractivity contribution in [1.29, 1.82) is 0 Å². The summed E-state index contributed by atoms with van der Waals surface area (Å²) in [5, 5.41) is 7.28. The topological polar surface area (TPSA) is 69.4 Å². The molecule has 1 aliphatic heterocycles. The summed E-state index contributed by atoms with van der Waals surface area (Å²) in [4.78, 5) is 4.40. The molecule has 1 fully saturated rings. The van der Waals surface area contributed by atoms with Gasteiger partial charge in [-0.05, 0) is 24.3 Å². The van der Waals surface area contributed by atoms with E-state index in [1.807, 2.05) is 24.3 Å². The van der Waals surface area contributed by atoms with Crippen LogP contribution in [0.25, 0.3) is 11.4 Å². The first-order valence-electron chi connectivity index (χ1n) is 6.64. The molecular formula is C14H17N3O3. The van der Waals surface area contributed by atoms with Gasteiger partial charge in [0.25, 0.3) is 0 Å². The van der Waals surface area contributed by atoms with Gasteiger partial charge in [-0.25, -0.2) is 0 Å². The van der Waals surface area contributed by atoms with Crippen molar-refractivity contribution >= 4 is 0 Å². The number of aromatic nitrogens is 2. The fraction of sp³-hybridized carbons (Fsp3) is 0.429. The minimum atomic E-state index is 0.105. The van der Waals surface area contributed by atoms with Crippen molar-refractivity contribution < 1.29 is 14.0 Å². The van der Waals surface area contributed by atoms with E-state index in [4.69, 9.17) is 14.0 Å². The molecule has 1 aromatic carbocycles. The van der Waals surface area contributed by atoms with Crippen LogP contribution in [0.1, 0.15) is 5.89 Å². The van der Waals surface area contributed by atoms with Crippen LogP contribution < -0.4 is 10.1 Å². The maximum atomic E-state index is 5.62. The van der Waals surface area contributed by atoms with Gasteiger partial charge >= 0.3 is 0 Å². The van der Waals surface area contributed by atoms with Crippen molar-refractivity contribution in [2.75, 3.05) is 26.8 Å². The smallest absolute Gasteiger partial charge is 0.229 e. The highest BCUT2D eigenvalue weighted by Crippen LogP contribution is 2.20. The van der Waals surface area contributed by atoms with Crippen molar-refractivity contribution in [2.24, 2.45) is 0 Å². The monoisotopic (exact) mass is 275 g/mol. The molecule has 6 heteroatoms. The summed E-state index contributed by atoms with van der Waals surface area (Å²) in [5.41, 5.74) is 0.906. The molecule has 0 aliphatic carbocycles. The van der Waals surface area contributed by atoms with Gasteiger partial charge < -0.3 is 19.3 Å². The Morgan fingerprint density at radius 1 is 1.35 bits per heavy atom. The maximum absolute atomic E-state index is 5.62. The summed E-state index contributed by atoms with van der Waals surface area (Å²) in [7, 11) is 1.64. The van der Waals surface area contributed by atoms with E-state index in [-0.39, 0.29) is 6.10 Å². The Bertz CT molecular complexity index is 547. The molecule has 1 aliphatic rings. The molecular weight excluding hydrogens is 258 g/mol. The fourth-order valence-corrected chi connectivity index (χ4v) is 2.14. The predicted octanol–water partition coefficient (Wildman–Crippen LogP) is 1.28. The molecule has 0 bridgehead atoms. The van der Waals surface area contributed by atoms with Crippen molar-refractivity contribution in [1.82, 2.24) is 15.5 Å². The molecule has 0 amide bonds. The van der Waals surface area contributed by atoms with Crippen molar-refractivity contribution in [3.63, 3.8) is 0 Å². The molecule has 0 saturated carbocycles. The third-order valence-corrected chi connectivity index (χ3v) is 3.22. The Kier molecular flexibility index (Phi) is 3.94. The van der Waals surface area contributed by atoms with Crippen LogP contribution >= 0.6 is 0 Å². The Balaban J connectivity index is 1.68. The Morgan fingerprint density at radius 3 is 2.90 bits per heavy atom. The van der Waals surface area contributed by atoms with Gasteiger partial charge in [0.1, 0.15) is 5.75 Å². The van der Waals surface area contributed by atoms with Crippen molar-refractivity contribution in [2.45, 2.75) is 12.5 Å². The van der Waals surface area contributed by atoms with E-state index < -0.39 is 0 Å². The van der Waals surface area contributed by atoms with Crippen LogP contribution in [-0.2, 0) is 11.2 Å². The van der Waals surface area contributed by atoms with Crippen LogP contribution in [0, 0.1) is 0 Å². The summed E-state index contributed by atoms with van der Waals surface area (Å²) in [6.45, 7) is 2.45. The van der Waals surface area contributed by atoms with Gasteiger partial charge in [0.2, 0.25) is 11.7 Å². The van der Waals surface area contributed by atoms with E-state index in [2.05, 4.69) is 15.5 Å². The molecule has 1 unspecified atom stereocenters. The molecule has 1 N–H and O–H groups in total. The Labute approximate surface area is 117 Å². The minimum absolute atomic E-state index is 0.105. The first-order valence-corrected chi connectivity index (χ1v) is 6.64. The maximum Gasteiger partial charge on any atom is 0.229 e. The minimum Gasteiger partial charge on any atom is -0.497 e. The van der Waals surface area contributed by atoms with Gasteiger partial charge in [-0.1, -0.05) is 5.16 Å². The lowest BCUT2D eigenvalue weighted by Crippen LogP contribution is -2.39. The fourth-order valence-electron chi connectivity index (χ4n) is 2.14. The van der Waals surface area contributed by atoms with Crippen LogP contribution in [0.2, 0.25) is 0 Å². The largest absolute Gasteiger partial charge is 0.497 e. The quantitative estimate of drug-likeness (QED) is 0.906. The first kappa shape index (κ1) is 13.1. The Morgan fingerprint density at radius 2 is 2.20 bits per heavy atom. The summed E-state index contributed by atoms with van der Waals surface area (Å²) in [5.74, 6) is 2.00. The second kappa shape index (κ2) is 6.02. The number of rotatable bonds is 4. The van der Waals surface area contributed by atoms with Gasteiger partial charge in [-0.2, -0.15) is 4.98 Å². The average Bonchev–Trinajstić information content (AvgIpc) is 2.97. The van der Waals surface area contributed by atoms with Gasteiger partial charge in [0.15, 0.2) is 0 Å². The highest BCUT2D eigenvalue weighted by atomic mass is 16.5. The first-order chi connectivity index (χ1) is 9.85. The van der Waals surface area contributed by atoms with Crippen molar-refractivity contribution in [3.8, 4) is 17.1 Å². The van der Waals surface area contributed by atoms with E-state index in [1.54, 1.807) is 7.11 Å².